The molecule has 11 heteroatoms. The quantitative estimate of drug-likeness (QED) is 0.0530. The second-order valence-corrected chi connectivity index (χ2v) is 23.5. The molecule has 0 bridgehead atoms. The number of amides is 1. The molecule has 2 aliphatic rings. The number of nitrogens with zero attached hydrogens (tertiary/aromatic N) is 3. The van der Waals surface area contributed by atoms with Crippen molar-refractivity contribution < 1.29 is 14.3 Å². The minimum Gasteiger partial charge on any atom is -0.361 e. The molecular formula is C43H66BrN5O4Si. The van der Waals surface area contributed by atoms with E-state index < -0.39 is 8.07 Å². The normalized spacial score (nSPS) is 17.2. The van der Waals surface area contributed by atoms with Gasteiger partial charge in [0.1, 0.15) is 18.3 Å². The third kappa shape index (κ3) is 12.0. The van der Waals surface area contributed by atoms with E-state index in [1.165, 1.54) is 25.7 Å². The van der Waals surface area contributed by atoms with Crippen LogP contribution >= 0.6 is 15.9 Å². The van der Waals surface area contributed by atoms with Gasteiger partial charge in [0.25, 0.3) is 5.56 Å². The van der Waals surface area contributed by atoms with Gasteiger partial charge < -0.3 is 24.5 Å². The maximum absolute atomic E-state index is 13.9. The summed E-state index contributed by atoms with van der Waals surface area (Å²) in [7, 11) is -1.30. The number of aromatic nitrogens is 3. The standard InChI is InChI=1S/C43H66BrN5O4Si/c1-5-35(50)15-11-10-12-16-38(47-41(51)37-30-43(37)20-23-45-24-21-43)40-46-31-39(49(40)32-53-27-28-54(2,3)4)34-17-18-36-33(29-34)19-26-48(42(36)52)25-14-9-7-6-8-13-22-44/h17-19,26,29,31,37-38,45H,5-16,20-25,27-28,30,32H2,1-4H3,(H,47,51)/t37-,38+/m1/s1. The summed E-state index contributed by atoms with van der Waals surface area (Å²) in [6.45, 7) is 12.7. The van der Waals surface area contributed by atoms with E-state index in [2.05, 4.69) is 62.9 Å². The molecular weight excluding hydrogens is 758 g/mol. The molecule has 298 valence electrons. The predicted octanol–water partition coefficient (Wildman–Crippen LogP) is 9.39. The van der Waals surface area contributed by atoms with Crippen LogP contribution in [0.2, 0.25) is 25.7 Å². The molecule has 2 atom stereocenters. The fourth-order valence-corrected chi connectivity index (χ4v) is 9.19. The summed E-state index contributed by atoms with van der Waals surface area (Å²) in [5, 5.41) is 9.62. The molecule has 1 aliphatic carbocycles. The molecule has 2 N–H and O–H groups in total. The fourth-order valence-electron chi connectivity index (χ4n) is 8.03. The van der Waals surface area contributed by atoms with Crippen molar-refractivity contribution in [2.45, 2.75) is 148 Å². The molecule has 1 saturated heterocycles. The SMILES string of the molecule is CCC(=O)CCCCC[C@H](NC(=O)[C@H]1CC12CCNCC2)c1ncc(-c2ccc3c(=O)n(CCCCCCCCBr)ccc3c2)n1COCC[Si](C)(C)C. The number of ether oxygens (including phenoxy) is 1. The average molecular weight is 825 g/mol. The first-order valence-electron chi connectivity index (χ1n) is 20.9. The maximum atomic E-state index is 13.9. The average Bonchev–Trinajstić information content (AvgIpc) is 3.68. The van der Waals surface area contributed by atoms with Gasteiger partial charge in [0.05, 0.1) is 17.9 Å². The second-order valence-electron chi connectivity index (χ2n) is 17.1. The second kappa shape index (κ2) is 20.5. The van der Waals surface area contributed by atoms with Gasteiger partial charge in [0.15, 0.2) is 0 Å². The van der Waals surface area contributed by atoms with Crippen LogP contribution in [0.25, 0.3) is 22.0 Å². The minimum atomic E-state index is -1.30. The Balaban J connectivity index is 1.38. The third-order valence-electron chi connectivity index (χ3n) is 11.7. The van der Waals surface area contributed by atoms with Gasteiger partial charge in [-0.05, 0) is 93.1 Å². The minimum absolute atomic E-state index is 0.0498. The van der Waals surface area contributed by atoms with Crippen molar-refractivity contribution in [3.63, 3.8) is 0 Å². The molecule has 54 heavy (non-hydrogen) atoms. The van der Waals surface area contributed by atoms with E-state index in [1.54, 1.807) is 0 Å². The molecule has 1 saturated carbocycles. The number of pyridine rings is 1. The summed E-state index contributed by atoms with van der Waals surface area (Å²) in [5.41, 5.74) is 2.07. The molecule has 9 nitrogen and oxygen atoms in total. The number of aryl methyl sites for hydroxylation is 1. The first kappa shape index (κ1) is 42.5. The number of piperidine rings is 1. The van der Waals surface area contributed by atoms with E-state index in [0.29, 0.717) is 32.0 Å². The molecule has 0 radical (unpaired) electrons. The van der Waals surface area contributed by atoms with Gasteiger partial charge in [-0.25, -0.2) is 4.98 Å². The molecule has 3 aromatic rings. The number of nitrogens with one attached hydrogen (secondary N) is 2. The number of imidazole rings is 1. The van der Waals surface area contributed by atoms with E-state index in [9.17, 15) is 14.4 Å². The Morgan fingerprint density at radius 2 is 1.78 bits per heavy atom. The highest BCUT2D eigenvalue weighted by Crippen LogP contribution is 2.58. The van der Waals surface area contributed by atoms with Gasteiger partial charge in [0.2, 0.25) is 5.91 Å². The summed E-state index contributed by atoms with van der Waals surface area (Å²) in [6, 6.07) is 8.91. The highest BCUT2D eigenvalue weighted by Gasteiger charge is 2.57. The van der Waals surface area contributed by atoms with E-state index >= 15 is 0 Å². The van der Waals surface area contributed by atoms with Gasteiger partial charge in [-0.3, -0.25) is 14.4 Å². The van der Waals surface area contributed by atoms with Crippen LogP contribution in [0.15, 0.2) is 41.5 Å². The lowest BCUT2D eigenvalue weighted by molar-refractivity contribution is -0.124. The summed E-state index contributed by atoms with van der Waals surface area (Å²) >= 11 is 3.51. The van der Waals surface area contributed by atoms with Crippen LogP contribution in [0.5, 0.6) is 0 Å². The van der Waals surface area contributed by atoms with Crippen molar-refractivity contribution in [3.05, 3.63) is 52.8 Å². The molecule has 2 fully saturated rings. The number of benzene rings is 1. The molecule has 3 heterocycles. The molecule has 1 spiro atoms. The molecule has 1 aliphatic heterocycles. The third-order valence-corrected chi connectivity index (χ3v) is 14.0. The van der Waals surface area contributed by atoms with E-state index in [-0.39, 0.29) is 28.8 Å². The highest BCUT2D eigenvalue weighted by molar-refractivity contribution is 9.09. The number of hydrogen-bond donors (Lipinski definition) is 2. The number of fused-ring (bicyclic) bond motifs is 1. The topological polar surface area (TPSA) is 107 Å². The van der Waals surface area contributed by atoms with Crippen LogP contribution in [0.1, 0.15) is 115 Å². The van der Waals surface area contributed by atoms with Crippen LogP contribution in [-0.2, 0) is 27.6 Å². The van der Waals surface area contributed by atoms with Crippen molar-refractivity contribution in [1.82, 2.24) is 24.8 Å². The summed E-state index contributed by atoms with van der Waals surface area (Å²) in [6.07, 6.45) is 18.6. The van der Waals surface area contributed by atoms with Gasteiger partial charge in [0, 0.05) is 62.5 Å². The number of hydrogen-bond acceptors (Lipinski definition) is 6. The Kier molecular flexibility index (Phi) is 16.2. The number of alkyl halides is 1. The maximum Gasteiger partial charge on any atom is 0.258 e. The lowest BCUT2D eigenvalue weighted by Gasteiger charge is -2.25. The summed E-state index contributed by atoms with van der Waals surface area (Å²) in [4.78, 5) is 44.4. The number of carbonyl (C=O) groups is 2. The van der Waals surface area contributed by atoms with Crippen molar-refractivity contribution in [3.8, 4) is 11.3 Å². The predicted molar refractivity (Wildman–Crippen MR) is 227 cm³/mol. The lowest BCUT2D eigenvalue weighted by atomic mass is 9.91. The van der Waals surface area contributed by atoms with Crippen molar-refractivity contribution in [2.75, 3.05) is 25.0 Å². The number of halogens is 1. The van der Waals surface area contributed by atoms with E-state index in [4.69, 9.17) is 9.72 Å². The Morgan fingerprint density at radius 3 is 2.52 bits per heavy atom. The molecule has 2 aromatic heterocycles. The van der Waals surface area contributed by atoms with Crippen LogP contribution in [0.3, 0.4) is 0 Å². The molecule has 1 amide bonds. The molecule has 1 aromatic carbocycles. The Labute approximate surface area is 332 Å². The van der Waals surface area contributed by atoms with Gasteiger partial charge >= 0.3 is 0 Å². The Hall–Kier alpha value is -2.60. The lowest BCUT2D eigenvalue weighted by Crippen LogP contribution is -2.36. The van der Waals surface area contributed by atoms with Crippen LogP contribution in [0, 0.1) is 11.3 Å². The first-order valence-corrected chi connectivity index (χ1v) is 25.7. The molecule has 0 unspecified atom stereocenters. The zero-order valence-corrected chi connectivity index (χ0v) is 36.1. The van der Waals surface area contributed by atoms with Crippen LogP contribution in [0.4, 0.5) is 0 Å². The first-order chi connectivity index (χ1) is 26.0. The Morgan fingerprint density at radius 1 is 1.04 bits per heavy atom. The van der Waals surface area contributed by atoms with Gasteiger partial charge in [-0.1, -0.05) is 87.1 Å². The summed E-state index contributed by atoms with van der Waals surface area (Å²) in [5.74, 6) is 1.29. The highest BCUT2D eigenvalue weighted by atomic mass is 79.9. The number of ketones is 1. The summed E-state index contributed by atoms with van der Waals surface area (Å²) < 4.78 is 10.4. The number of Topliss-reactive ketones (excluding diaryl/α,β-unsaturated/α-hetero) is 1. The molecule has 5 rings (SSSR count). The zero-order chi connectivity index (χ0) is 38.6. The Bertz CT molecular complexity index is 1730. The number of carbonyl (C=O) groups excluding carboxylic acids is 2. The van der Waals surface area contributed by atoms with E-state index in [0.717, 1.165) is 117 Å². The smallest absolute Gasteiger partial charge is 0.258 e. The van der Waals surface area contributed by atoms with Crippen molar-refractivity contribution in [2.24, 2.45) is 11.3 Å². The number of rotatable bonds is 24. The van der Waals surface area contributed by atoms with E-state index in [1.807, 2.05) is 36.0 Å². The van der Waals surface area contributed by atoms with Gasteiger partial charge in [-0.2, -0.15) is 0 Å². The van der Waals surface area contributed by atoms with Crippen LogP contribution in [-0.4, -0.2) is 58.9 Å². The monoisotopic (exact) mass is 823 g/mol. The number of unbranched alkanes of at least 4 members (excludes halogenated alkanes) is 7. The van der Waals surface area contributed by atoms with Crippen LogP contribution < -0.4 is 16.2 Å². The fraction of sp³-hybridized carbons (Fsp3) is 0.674. The van der Waals surface area contributed by atoms with Crippen molar-refractivity contribution in [1.29, 1.82) is 0 Å². The zero-order valence-electron chi connectivity index (χ0n) is 33.5. The largest absolute Gasteiger partial charge is 0.361 e. The van der Waals surface area contributed by atoms with Crippen molar-refractivity contribution >= 4 is 46.5 Å². The van der Waals surface area contributed by atoms with Gasteiger partial charge in [-0.15, -0.1) is 0 Å².